The van der Waals surface area contributed by atoms with Gasteiger partial charge in [0, 0.05) is 55.8 Å². The molecule has 1 aromatic carbocycles. The molecule has 1 N–H and O–H groups in total. The van der Waals surface area contributed by atoms with Gasteiger partial charge in [0.25, 0.3) is 5.91 Å². The monoisotopic (exact) mass is 387 g/mol. The number of nitrogens with one attached hydrogen (secondary N) is 1. The molecule has 0 bridgehead atoms. The van der Waals surface area contributed by atoms with Gasteiger partial charge >= 0.3 is 0 Å². The summed E-state index contributed by atoms with van der Waals surface area (Å²) < 4.78 is 0. The maximum Gasteiger partial charge on any atom is 0.254 e. The molecule has 0 saturated carbocycles. The highest BCUT2D eigenvalue weighted by Crippen LogP contribution is 2.21. The van der Waals surface area contributed by atoms with Crippen molar-refractivity contribution in [1.29, 1.82) is 0 Å². The van der Waals surface area contributed by atoms with E-state index in [2.05, 4.69) is 38.1 Å². The number of anilines is 2. The van der Waals surface area contributed by atoms with Gasteiger partial charge in [0.05, 0.1) is 5.56 Å². The average molecular weight is 388 g/mol. The van der Waals surface area contributed by atoms with Crippen LogP contribution in [0.4, 0.5) is 11.6 Å². The minimum absolute atomic E-state index is 0.108. The molecular formula is C20H26ClN5O. The lowest BCUT2D eigenvalue weighted by molar-refractivity contribution is 0.0952. The van der Waals surface area contributed by atoms with Gasteiger partial charge in [-0.2, -0.15) is 0 Å². The van der Waals surface area contributed by atoms with E-state index in [0.717, 1.165) is 56.2 Å². The summed E-state index contributed by atoms with van der Waals surface area (Å²) in [4.78, 5) is 25.3. The lowest BCUT2D eigenvalue weighted by atomic mass is 10.2. The number of benzene rings is 1. The Morgan fingerprint density at radius 3 is 2.48 bits per heavy atom. The summed E-state index contributed by atoms with van der Waals surface area (Å²) in [6.45, 7) is 6.25. The number of hydrogen-bond donors (Lipinski definition) is 1. The van der Waals surface area contributed by atoms with E-state index in [0.29, 0.717) is 18.1 Å². The molecule has 0 atom stereocenters. The van der Waals surface area contributed by atoms with Gasteiger partial charge in [-0.15, -0.1) is 0 Å². The standard InChI is InChI=1S/C20H26ClN5O/c1-2-3-4-8-22-19(27)16-14-23-20(24-15-16)26-11-9-25(10-12-26)18-7-5-6-17(21)13-18/h5-7,13-15H,2-4,8-12H2,1H3,(H,22,27). The molecule has 27 heavy (non-hydrogen) atoms. The molecule has 7 heteroatoms. The third-order valence-electron chi connectivity index (χ3n) is 4.70. The predicted octanol–water partition coefficient (Wildman–Crippen LogP) is 3.38. The Hall–Kier alpha value is -2.34. The zero-order valence-electron chi connectivity index (χ0n) is 15.7. The van der Waals surface area contributed by atoms with Crippen molar-refractivity contribution < 1.29 is 4.79 Å². The molecule has 0 aliphatic carbocycles. The van der Waals surface area contributed by atoms with Crippen LogP contribution in [0.15, 0.2) is 36.7 Å². The van der Waals surface area contributed by atoms with Gasteiger partial charge in [-0.05, 0) is 24.6 Å². The molecule has 3 rings (SSSR count). The van der Waals surface area contributed by atoms with E-state index in [-0.39, 0.29) is 5.91 Å². The van der Waals surface area contributed by atoms with Crippen molar-refractivity contribution in [2.45, 2.75) is 26.2 Å². The SMILES string of the molecule is CCCCCNC(=O)c1cnc(N2CCN(c3cccc(Cl)c3)CC2)nc1. The second-order valence-corrected chi connectivity index (χ2v) is 7.13. The van der Waals surface area contributed by atoms with Crippen molar-refractivity contribution in [2.24, 2.45) is 0 Å². The number of nitrogens with zero attached hydrogens (tertiary/aromatic N) is 4. The molecule has 144 valence electrons. The van der Waals surface area contributed by atoms with E-state index in [1.54, 1.807) is 12.4 Å². The fourth-order valence-electron chi connectivity index (χ4n) is 3.12. The Morgan fingerprint density at radius 1 is 1.11 bits per heavy atom. The molecule has 2 aromatic rings. The van der Waals surface area contributed by atoms with Crippen molar-refractivity contribution in [3.05, 3.63) is 47.2 Å². The van der Waals surface area contributed by atoms with Crippen LogP contribution >= 0.6 is 11.6 Å². The molecule has 0 unspecified atom stereocenters. The van der Waals surface area contributed by atoms with Gasteiger partial charge in [-0.25, -0.2) is 9.97 Å². The summed E-state index contributed by atoms with van der Waals surface area (Å²) in [6, 6.07) is 7.92. The third kappa shape index (κ3) is 5.32. The van der Waals surface area contributed by atoms with Crippen molar-refractivity contribution in [2.75, 3.05) is 42.5 Å². The number of halogens is 1. The smallest absolute Gasteiger partial charge is 0.254 e. The average Bonchev–Trinajstić information content (AvgIpc) is 2.71. The van der Waals surface area contributed by atoms with Crippen LogP contribution in [-0.2, 0) is 0 Å². The Balaban J connectivity index is 1.52. The molecule has 1 aliphatic heterocycles. The van der Waals surface area contributed by atoms with Crippen LogP contribution in [0.25, 0.3) is 0 Å². The van der Waals surface area contributed by atoms with Crippen molar-refractivity contribution in [3.8, 4) is 0 Å². The van der Waals surface area contributed by atoms with E-state index in [1.165, 1.54) is 0 Å². The third-order valence-corrected chi connectivity index (χ3v) is 4.94. The van der Waals surface area contributed by atoms with E-state index < -0.39 is 0 Å². The highest BCUT2D eigenvalue weighted by atomic mass is 35.5. The van der Waals surface area contributed by atoms with E-state index >= 15 is 0 Å². The largest absolute Gasteiger partial charge is 0.368 e. The van der Waals surface area contributed by atoms with Crippen LogP contribution in [0.3, 0.4) is 0 Å². The molecular weight excluding hydrogens is 362 g/mol. The van der Waals surface area contributed by atoms with Gasteiger partial charge in [0.2, 0.25) is 5.95 Å². The molecule has 1 aromatic heterocycles. The number of carbonyl (C=O) groups excluding carboxylic acids is 1. The minimum Gasteiger partial charge on any atom is -0.368 e. The molecule has 6 nitrogen and oxygen atoms in total. The van der Waals surface area contributed by atoms with Gasteiger partial charge < -0.3 is 15.1 Å². The van der Waals surface area contributed by atoms with Crippen LogP contribution in [0.2, 0.25) is 5.02 Å². The maximum absolute atomic E-state index is 12.1. The van der Waals surface area contributed by atoms with Crippen LogP contribution in [0.5, 0.6) is 0 Å². The Kier molecular flexibility index (Phi) is 6.87. The molecule has 1 fully saturated rings. The molecule has 1 amide bonds. The van der Waals surface area contributed by atoms with Crippen molar-refractivity contribution >= 4 is 29.1 Å². The van der Waals surface area contributed by atoms with Gasteiger partial charge in [0.1, 0.15) is 0 Å². The zero-order chi connectivity index (χ0) is 19.1. The zero-order valence-corrected chi connectivity index (χ0v) is 16.5. The van der Waals surface area contributed by atoms with Crippen LogP contribution in [0, 0.1) is 0 Å². The molecule has 0 spiro atoms. The normalized spacial score (nSPS) is 14.3. The summed E-state index contributed by atoms with van der Waals surface area (Å²) in [5, 5.41) is 3.66. The van der Waals surface area contributed by atoms with Crippen LogP contribution in [-0.4, -0.2) is 48.6 Å². The Bertz CT molecular complexity index is 744. The number of amides is 1. The first-order valence-electron chi connectivity index (χ1n) is 9.53. The Labute approximate surface area is 165 Å². The Morgan fingerprint density at radius 2 is 1.81 bits per heavy atom. The molecule has 0 radical (unpaired) electrons. The summed E-state index contributed by atoms with van der Waals surface area (Å²) >= 11 is 6.09. The fourth-order valence-corrected chi connectivity index (χ4v) is 3.30. The maximum atomic E-state index is 12.1. The highest BCUT2D eigenvalue weighted by molar-refractivity contribution is 6.30. The predicted molar refractivity (Wildman–Crippen MR) is 110 cm³/mol. The van der Waals surface area contributed by atoms with Gasteiger partial charge in [-0.3, -0.25) is 4.79 Å². The molecule has 1 saturated heterocycles. The summed E-state index contributed by atoms with van der Waals surface area (Å²) in [5.74, 6) is 0.562. The van der Waals surface area contributed by atoms with E-state index in [9.17, 15) is 4.79 Å². The van der Waals surface area contributed by atoms with E-state index in [1.807, 2.05) is 18.2 Å². The number of unbranched alkanes of at least 4 members (excludes halogenated alkanes) is 2. The van der Waals surface area contributed by atoms with Crippen molar-refractivity contribution in [1.82, 2.24) is 15.3 Å². The lowest BCUT2D eigenvalue weighted by Gasteiger charge is -2.36. The van der Waals surface area contributed by atoms with E-state index in [4.69, 9.17) is 11.6 Å². The summed E-state index contributed by atoms with van der Waals surface area (Å²) in [6.07, 6.45) is 6.48. The van der Waals surface area contributed by atoms with Gasteiger partial charge in [0.15, 0.2) is 0 Å². The number of hydrogen-bond acceptors (Lipinski definition) is 5. The quantitative estimate of drug-likeness (QED) is 0.738. The highest BCUT2D eigenvalue weighted by Gasteiger charge is 2.19. The van der Waals surface area contributed by atoms with Gasteiger partial charge in [-0.1, -0.05) is 37.4 Å². The number of carbonyl (C=O) groups is 1. The second kappa shape index (κ2) is 9.55. The first kappa shape index (κ1) is 19.4. The number of rotatable bonds is 7. The number of piperazine rings is 1. The number of aromatic nitrogens is 2. The van der Waals surface area contributed by atoms with Crippen LogP contribution < -0.4 is 15.1 Å². The molecule has 2 heterocycles. The lowest BCUT2D eigenvalue weighted by Crippen LogP contribution is -2.47. The summed E-state index contributed by atoms with van der Waals surface area (Å²) in [7, 11) is 0. The van der Waals surface area contributed by atoms with Crippen molar-refractivity contribution in [3.63, 3.8) is 0 Å². The minimum atomic E-state index is -0.108. The first-order valence-corrected chi connectivity index (χ1v) is 9.91. The molecule has 1 aliphatic rings. The summed E-state index contributed by atoms with van der Waals surface area (Å²) in [5.41, 5.74) is 1.64. The first-order chi connectivity index (χ1) is 13.2. The second-order valence-electron chi connectivity index (χ2n) is 6.69. The van der Waals surface area contributed by atoms with Crippen LogP contribution in [0.1, 0.15) is 36.5 Å². The topological polar surface area (TPSA) is 61.4 Å². The fraction of sp³-hybridized carbons (Fsp3) is 0.450.